The Kier molecular flexibility index (Phi) is 6.88. The number of rotatable bonds is 3. The van der Waals surface area contributed by atoms with E-state index >= 15 is 0 Å². The molecule has 4 aliphatic carbocycles. The first kappa shape index (κ1) is 35.2. The van der Waals surface area contributed by atoms with Crippen molar-refractivity contribution >= 4 is 38.6 Å². The number of para-hydroxylation sites is 1. The maximum Gasteiger partial charge on any atom is 0.0726 e. The molecule has 0 amide bonds. The molecule has 0 fully saturated rings. The van der Waals surface area contributed by atoms with Crippen LogP contribution < -0.4 is 4.90 Å². The summed E-state index contributed by atoms with van der Waals surface area (Å²) < 4.78 is 0. The molecule has 0 atom stereocenters. The molecular weight excluding hydrogens is 783 g/mol. The molecule has 15 rings (SSSR count). The minimum atomic E-state index is -0.484. The number of benzene rings is 11. The Labute approximate surface area is 378 Å². The molecule has 11 aromatic rings. The maximum atomic E-state index is 2.53. The van der Waals surface area contributed by atoms with E-state index in [4.69, 9.17) is 0 Å². The number of fused-ring (bicyclic) bond motifs is 24. The van der Waals surface area contributed by atoms with Crippen molar-refractivity contribution in [3.8, 4) is 44.5 Å². The first-order valence-electron chi connectivity index (χ1n) is 22.8. The molecule has 0 saturated carbocycles. The molecule has 0 bridgehead atoms. The Balaban J connectivity index is 1.02. The van der Waals surface area contributed by atoms with Gasteiger partial charge in [-0.15, -0.1) is 0 Å². The molecule has 0 heterocycles. The quantitative estimate of drug-likeness (QED) is 0.172. The van der Waals surface area contributed by atoms with Crippen LogP contribution in [-0.4, -0.2) is 0 Å². The van der Waals surface area contributed by atoms with Crippen molar-refractivity contribution in [2.75, 3.05) is 4.90 Å². The van der Waals surface area contributed by atoms with Crippen LogP contribution in [0.5, 0.6) is 0 Å². The molecule has 300 valence electrons. The third kappa shape index (κ3) is 4.29. The van der Waals surface area contributed by atoms with Crippen LogP contribution >= 0.6 is 0 Å². The van der Waals surface area contributed by atoms with Gasteiger partial charge in [-0.2, -0.15) is 0 Å². The van der Waals surface area contributed by atoms with Gasteiger partial charge in [-0.25, -0.2) is 0 Å². The second-order valence-electron chi connectivity index (χ2n) is 18.2. The van der Waals surface area contributed by atoms with Crippen molar-refractivity contribution in [2.24, 2.45) is 0 Å². The Hall–Kier alpha value is -8.26. The van der Waals surface area contributed by atoms with E-state index in [1.165, 1.54) is 111 Å². The van der Waals surface area contributed by atoms with Crippen molar-refractivity contribution in [1.82, 2.24) is 0 Å². The van der Waals surface area contributed by atoms with Gasteiger partial charge in [-0.05, 0) is 147 Å². The van der Waals surface area contributed by atoms with Crippen LogP contribution in [0, 0.1) is 0 Å². The second kappa shape index (κ2) is 12.7. The molecule has 0 aromatic heterocycles. The summed E-state index contributed by atoms with van der Waals surface area (Å²) in [7, 11) is 0. The van der Waals surface area contributed by atoms with Crippen molar-refractivity contribution in [1.29, 1.82) is 0 Å². The Morgan fingerprint density at radius 3 is 1.03 bits per heavy atom. The molecule has 0 saturated heterocycles. The SMILES string of the molecule is c1ccc(N(c2ccc3c(c2)C2(c4ccccc4-c4ccccc42)c2ccc4ccccc4c2-3)c2ccc3c(c2)C2(c4ccccc4-c4ccccc42)c2ccc4ccccc4c2-3)cc1. The summed E-state index contributed by atoms with van der Waals surface area (Å²) in [6.45, 7) is 0. The van der Waals surface area contributed by atoms with Crippen LogP contribution in [0.15, 0.2) is 237 Å². The zero-order valence-electron chi connectivity index (χ0n) is 35.5. The van der Waals surface area contributed by atoms with Crippen LogP contribution in [0.1, 0.15) is 44.5 Å². The first-order valence-corrected chi connectivity index (χ1v) is 22.8. The monoisotopic (exact) mass is 821 g/mol. The van der Waals surface area contributed by atoms with Crippen molar-refractivity contribution < 1.29 is 0 Å². The van der Waals surface area contributed by atoms with E-state index in [0.29, 0.717) is 0 Å². The van der Waals surface area contributed by atoms with Gasteiger partial charge in [0.1, 0.15) is 0 Å². The number of nitrogens with zero attached hydrogens (tertiary/aromatic N) is 1. The highest BCUT2D eigenvalue weighted by atomic mass is 15.1. The predicted molar refractivity (Wildman–Crippen MR) is 269 cm³/mol. The highest BCUT2D eigenvalue weighted by Crippen LogP contribution is 2.66. The van der Waals surface area contributed by atoms with Crippen LogP contribution in [0.2, 0.25) is 0 Å². The van der Waals surface area contributed by atoms with E-state index in [2.05, 4.69) is 241 Å². The van der Waals surface area contributed by atoms with Gasteiger partial charge in [0.2, 0.25) is 0 Å². The fourth-order valence-corrected chi connectivity index (χ4v) is 13.1. The van der Waals surface area contributed by atoms with E-state index in [0.717, 1.165) is 17.1 Å². The minimum absolute atomic E-state index is 0.484. The topological polar surface area (TPSA) is 3.24 Å². The molecule has 0 unspecified atom stereocenters. The zero-order chi connectivity index (χ0) is 42.4. The fraction of sp³-hybridized carbons (Fsp3) is 0.0312. The molecule has 0 aliphatic heterocycles. The lowest BCUT2D eigenvalue weighted by molar-refractivity contribution is 0.793. The second-order valence-corrected chi connectivity index (χ2v) is 18.2. The summed E-state index contributed by atoms with van der Waals surface area (Å²) in [6, 6.07) is 89.5. The minimum Gasteiger partial charge on any atom is -0.310 e. The third-order valence-electron chi connectivity index (χ3n) is 15.5. The molecule has 0 radical (unpaired) electrons. The molecule has 2 spiro atoms. The third-order valence-corrected chi connectivity index (χ3v) is 15.5. The average Bonchev–Trinajstić information content (AvgIpc) is 4.06. The van der Waals surface area contributed by atoms with Crippen molar-refractivity contribution in [3.63, 3.8) is 0 Å². The molecule has 11 aromatic carbocycles. The van der Waals surface area contributed by atoms with Crippen molar-refractivity contribution in [3.05, 3.63) is 281 Å². The standard InChI is InChI=1S/C64H39N/c1-2-18-42(19-3-1)65(43-32-34-51-59(38-43)63(57-36-30-40-16-4-6-20-45(40)61(51)57)53-26-12-8-22-47(53)48-23-9-13-27-54(48)63)44-33-35-52-60(39-44)64(58-37-31-41-17-5-7-21-46(41)62(52)58)55-28-14-10-24-49(55)50-25-11-15-29-56(50)64/h1-39H. The summed E-state index contributed by atoms with van der Waals surface area (Å²) in [5.41, 5.74) is 23.7. The highest BCUT2D eigenvalue weighted by molar-refractivity contribution is 6.08. The Bertz CT molecular complexity index is 3530. The predicted octanol–water partition coefficient (Wildman–Crippen LogP) is 16.1. The molecule has 0 N–H and O–H groups in total. The fourth-order valence-electron chi connectivity index (χ4n) is 13.1. The largest absolute Gasteiger partial charge is 0.310 e. The van der Waals surface area contributed by atoms with E-state index < -0.39 is 10.8 Å². The van der Waals surface area contributed by atoms with Gasteiger partial charge in [0.25, 0.3) is 0 Å². The average molecular weight is 822 g/mol. The van der Waals surface area contributed by atoms with Gasteiger partial charge in [0, 0.05) is 17.1 Å². The van der Waals surface area contributed by atoms with E-state index in [-0.39, 0.29) is 0 Å². The van der Waals surface area contributed by atoms with Gasteiger partial charge in [-0.3, -0.25) is 0 Å². The lowest BCUT2D eigenvalue weighted by atomic mass is 9.70. The van der Waals surface area contributed by atoms with Gasteiger partial charge in [0.05, 0.1) is 10.8 Å². The summed E-state index contributed by atoms with van der Waals surface area (Å²) >= 11 is 0. The first-order chi connectivity index (χ1) is 32.3. The number of hydrogen-bond donors (Lipinski definition) is 0. The van der Waals surface area contributed by atoms with Crippen LogP contribution in [0.4, 0.5) is 17.1 Å². The van der Waals surface area contributed by atoms with E-state index in [1.807, 2.05) is 0 Å². The highest BCUT2D eigenvalue weighted by Gasteiger charge is 2.54. The van der Waals surface area contributed by atoms with Crippen LogP contribution in [0.3, 0.4) is 0 Å². The molecule has 1 nitrogen and oxygen atoms in total. The van der Waals surface area contributed by atoms with Crippen LogP contribution in [-0.2, 0) is 10.8 Å². The smallest absolute Gasteiger partial charge is 0.0726 e. The number of anilines is 3. The Morgan fingerprint density at radius 1 is 0.231 bits per heavy atom. The van der Waals surface area contributed by atoms with Gasteiger partial charge in [-0.1, -0.05) is 200 Å². The lowest BCUT2D eigenvalue weighted by Gasteiger charge is -2.33. The zero-order valence-corrected chi connectivity index (χ0v) is 35.5. The molecule has 4 aliphatic rings. The number of hydrogen-bond acceptors (Lipinski definition) is 1. The molecule has 65 heavy (non-hydrogen) atoms. The van der Waals surface area contributed by atoms with Crippen molar-refractivity contribution in [2.45, 2.75) is 10.8 Å². The summed E-state index contributed by atoms with van der Waals surface area (Å²) in [5.74, 6) is 0. The molecule has 1 heteroatoms. The summed E-state index contributed by atoms with van der Waals surface area (Å²) in [5, 5.41) is 5.12. The molecular formula is C64H39N. The summed E-state index contributed by atoms with van der Waals surface area (Å²) in [4.78, 5) is 2.50. The van der Waals surface area contributed by atoms with E-state index in [9.17, 15) is 0 Å². The van der Waals surface area contributed by atoms with E-state index in [1.54, 1.807) is 0 Å². The maximum absolute atomic E-state index is 2.53. The van der Waals surface area contributed by atoms with Gasteiger partial charge in [0.15, 0.2) is 0 Å². The Morgan fingerprint density at radius 2 is 0.600 bits per heavy atom. The summed E-state index contributed by atoms with van der Waals surface area (Å²) in [6.07, 6.45) is 0. The normalized spacial score (nSPS) is 14.4. The van der Waals surface area contributed by atoms with Gasteiger partial charge >= 0.3 is 0 Å². The van der Waals surface area contributed by atoms with Crippen LogP contribution in [0.25, 0.3) is 66.1 Å². The lowest BCUT2D eigenvalue weighted by Crippen LogP contribution is -2.26. The van der Waals surface area contributed by atoms with Gasteiger partial charge < -0.3 is 4.90 Å².